The van der Waals surface area contributed by atoms with Crippen LogP contribution in [0.15, 0.2) is 66.7 Å². The molecule has 1 aliphatic rings. The van der Waals surface area contributed by atoms with Crippen molar-refractivity contribution >= 4 is 23.1 Å². The van der Waals surface area contributed by atoms with Gasteiger partial charge in [0.05, 0.1) is 7.11 Å². The van der Waals surface area contributed by atoms with E-state index in [9.17, 15) is 4.79 Å². The number of anilines is 2. The van der Waals surface area contributed by atoms with E-state index in [1.807, 2.05) is 54.6 Å². The lowest BCUT2D eigenvalue weighted by atomic mass is 9.96. The molecular weight excluding hydrogens is 466 g/mol. The molecule has 0 unspecified atom stereocenters. The maximum absolute atomic E-state index is 12.8. The summed E-state index contributed by atoms with van der Waals surface area (Å²) in [5, 5.41) is 16.6. The molecule has 1 amide bonds. The summed E-state index contributed by atoms with van der Waals surface area (Å²) in [5.41, 5.74) is 2.81. The van der Waals surface area contributed by atoms with Gasteiger partial charge in [0.1, 0.15) is 11.6 Å². The average molecular weight is 500 g/mol. The molecule has 192 valence electrons. The lowest BCUT2D eigenvalue weighted by molar-refractivity contribution is -0.125. The quantitative estimate of drug-likeness (QED) is 0.352. The Kier molecular flexibility index (Phi) is 7.49. The fourth-order valence-corrected chi connectivity index (χ4v) is 4.72. The molecule has 2 aromatic carbocycles. The number of carbonyl (C=O) groups excluding carboxylic acids is 1. The van der Waals surface area contributed by atoms with Crippen molar-refractivity contribution in [3.05, 3.63) is 66.7 Å². The summed E-state index contributed by atoms with van der Waals surface area (Å²) in [5.74, 6) is 2.54. The van der Waals surface area contributed by atoms with E-state index in [1.165, 1.54) is 5.69 Å². The Balaban J connectivity index is 1.13. The van der Waals surface area contributed by atoms with E-state index < -0.39 is 0 Å². The molecule has 0 saturated carbocycles. The predicted molar refractivity (Wildman–Crippen MR) is 145 cm³/mol. The van der Waals surface area contributed by atoms with Gasteiger partial charge in [-0.3, -0.25) is 4.79 Å². The second kappa shape index (κ2) is 11.3. The molecule has 0 bridgehead atoms. The second-order valence-corrected chi connectivity index (χ2v) is 9.38. The number of methoxy groups -OCH3 is 1. The van der Waals surface area contributed by atoms with Gasteiger partial charge in [-0.05, 0) is 67.8 Å². The Bertz CT molecular complexity index is 1320. The fraction of sp³-hybridized carbons (Fsp3) is 0.357. The number of para-hydroxylation sites is 1. The van der Waals surface area contributed by atoms with Gasteiger partial charge in [0.15, 0.2) is 11.5 Å². The Hall–Kier alpha value is -4.14. The Morgan fingerprint density at radius 1 is 1.03 bits per heavy atom. The zero-order valence-electron chi connectivity index (χ0n) is 21.4. The van der Waals surface area contributed by atoms with Crippen molar-refractivity contribution in [3.8, 4) is 17.1 Å². The normalized spacial score (nSPS) is 14.1. The van der Waals surface area contributed by atoms with Gasteiger partial charge in [-0.1, -0.05) is 18.2 Å². The van der Waals surface area contributed by atoms with Crippen LogP contribution in [0.5, 0.6) is 5.75 Å². The summed E-state index contributed by atoms with van der Waals surface area (Å²) in [4.78, 5) is 17.2. The highest BCUT2D eigenvalue weighted by molar-refractivity contribution is 5.79. The van der Waals surface area contributed by atoms with Crippen molar-refractivity contribution in [2.45, 2.75) is 19.3 Å². The molecule has 0 radical (unpaired) electrons. The molecule has 4 aromatic rings. The van der Waals surface area contributed by atoms with E-state index in [2.05, 4.69) is 44.5 Å². The first kappa shape index (κ1) is 24.5. The molecule has 5 rings (SSSR count). The number of rotatable bonds is 9. The van der Waals surface area contributed by atoms with Crippen molar-refractivity contribution in [1.82, 2.24) is 25.1 Å². The van der Waals surface area contributed by atoms with Crippen LogP contribution in [0.1, 0.15) is 19.3 Å². The number of amides is 1. The lowest BCUT2D eigenvalue weighted by Gasteiger charge is -2.32. The largest absolute Gasteiger partial charge is 0.497 e. The first-order chi connectivity index (χ1) is 18.1. The molecule has 37 heavy (non-hydrogen) atoms. The highest BCUT2D eigenvalue weighted by atomic mass is 16.5. The van der Waals surface area contributed by atoms with Crippen LogP contribution in [0.3, 0.4) is 0 Å². The molecule has 9 nitrogen and oxygen atoms in total. The SMILES string of the molecule is COc1ccc(-c2nnc3ccc(N4CCC(C(=O)NCCCN(C)c5ccccc5)CC4)nn23)cc1. The van der Waals surface area contributed by atoms with Crippen molar-refractivity contribution in [2.75, 3.05) is 50.1 Å². The van der Waals surface area contributed by atoms with Crippen LogP contribution in [-0.2, 0) is 4.79 Å². The Morgan fingerprint density at radius 2 is 1.78 bits per heavy atom. The standard InChI is InChI=1S/C28H33N7O2/c1-33(23-7-4-3-5-8-23)18-6-17-29-28(36)22-15-19-34(20-16-22)26-14-13-25-30-31-27(35(25)32-26)21-9-11-24(37-2)12-10-21/h3-5,7-14,22H,6,15-20H2,1-2H3,(H,29,36). The van der Waals surface area contributed by atoms with Crippen LogP contribution >= 0.6 is 0 Å². The number of nitrogens with one attached hydrogen (secondary N) is 1. The molecule has 0 atom stereocenters. The van der Waals surface area contributed by atoms with E-state index in [0.717, 1.165) is 56.0 Å². The molecule has 0 aliphatic carbocycles. The van der Waals surface area contributed by atoms with E-state index in [4.69, 9.17) is 9.84 Å². The smallest absolute Gasteiger partial charge is 0.223 e. The van der Waals surface area contributed by atoms with Crippen LogP contribution in [0.25, 0.3) is 17.0 Å². The summed E-state index contributed by atoms with van der Waals surface area (Å²) < 4.78 is 7.04. The van der Waals surface area contributed by atoms with Crippen molar-refractivity contribution in [2.24, 2.45) is 5.92 Å². The number of hydrogen-bond acceptors (Lipinski definition) is 7. The molecule has 1 aliphatic heterocycles. The summed E-state index contributed by atoms with van der Waals surface area (Å²) in [6, 6.07) is 21.9. The molecule has 1 N–H and O–H groups in total. The first-order valence-corrected chi connectivity index (χ1v) is 12.8. The number of aromatic nitrogens is 4. The topological polar surface area (TPSA) is 87.9 Å². The van der Waals surface area contributed by atoms with Gasteiger partial charge in [0.25, 0.3) is 0 Å². The van der Waals surface area contributed by atoms with Crippen molar-refractivity contribution in [1.29, 1.82) is 0 Å². The maximum Gasteiger partial charge on any atom is 0.223 e. The highest BCUT2D eigenvalue weighted by Crippen LogP contribution is 2.25. The summed E-state index contributed by atoms with van der Waals surface area (Å²) in [7, 11) is 3.73. The zero-order valence-corrected chi connectivity index (χ0v) is 21.4. The van der Waals surface area contributed by atoms with Gasteiger partial charge in [0, 0.05) is 50.4 Å². The number of ether oxygens (including phenoxy) is 1. The minimum absolute atomic E-state index is 0.0385. The van der Waals surface area contributed by atoms with E-state index in [0.29, 0.717) is 18.0 Å². The lowest BCUT2D eigenvalue weighted by Crippen LogP contribution is -2.41. The highest BCUT2D eigenvalue weighted by Gasteiger charge is 2.26. The number of hydrogen-bond donors (Lipinski definition) is 1. The first-order valence-electron chi connectivity index (χ1n) is 12.8. The number of nitrogens with zero attached hydrogens (tertiary/aromatic N) is 6. The molecule has 9 heteroatoms. The molecule has 3 heterocycles. The molecule has 0 spiro atoms. The Labute approximate surface area is 217 Å². The van der Waals surface area contributed by atoms with Crippen molar-refractivity contribution in [3.63, 3.8) is 0 Å². The monoisotopic (exact) mass is 499 g/mol. The second-order valence-electron chi connectivity index (χ2n) is 9.38. The van der Waals surface area contributed by atoms with Gasteiger partial charge in [-0.2, -0.15) is 4.52 Å². The van der Waals surface area contributed by atoms with E-state index >= 15 is 0 Å². The third-order valence-corrected chi connectivity index (χ3v) is 6.95. The summed E-state index contributed by atoms with van der Waals surface area (Å²) in [6.45, 7) is 3.16. The van der Waals surface area contributed by atoms with Gasteiger partial charge < -0.3 is 19.9 Å². The van der Waals surface area contributed by atoms with Crippen LogP contribution in [0.2, 0.25) is 0 Å². The zero-order chi connectivity index (χ0) is 25.6. The molecule has 1 saturated heterocycles. The predicted octanol–water partition coefficient (Wildman–Crippen LogP) is 3.66. The van der Waals surface area contributed by atoms with E-state index in [-0.39, 0.29) is 11.8 Å². The molecular formula is C28H33N7O2. The third-order valence-electron chi connectivity index (χ3n) is 6.95. The van der Waals surface area contributed by atoms with Crippen LogP contribution in [0.4, 0.5) is 11.5 Å². The number of piperidine rings is 1. The summed E-state index contributed by atoms with van der Waals surface area (Å²) >= 11 is 0. The minimum Gasteiger partial charge on any atom is -0.497 e. The van der Waals surface area contributed by atoms with Crippen LogP contribution in [-0.4, -0.2) is 66.1 Å². The van der Waals surface area contributed by atoms with Gasteiger partial charge in [-0.15, -0.1) is 15.3 Å². The minimum atomic E-state index is 0.0385. The Morgan fingerprint density at radius 3 is 2.51 bits per heavy atom. The van der Waals surface area contributed by atoms with Crippen molar-refractivity contribution < 1.29 is 9.53 Å². The third kappa shape index (κ3) is 5.66. The van der Waals surface area contributed by atoms with E-state index in [1.54, 1.807) is 11.6 Å². The number of benzene rings is 2. The van der Waals surface area contributed by atoms with Gasteiger partial charge in [-0.25, -0.2) is 0 Å². The molecule has 1 fully saturated rings. The van der Waals surface area contributed by atoms with Crippen LogP contribution < -0.4 is 19.9 Å². The van der Waals surface area contributed by atoms with Gasteiger partial charge in [0.2, 0.25) is 5.91 Å². The maximum atomic E-state index is 12.8. The molecule has 2 aromatic heterocycles. The number of fused-ring (bicyclic) bond motifs is 1. The average Bonchev–Trinajstić information content (AvgIpc) is 3.39. The van der Waals surface area contributed by atoms with Gasteiger partial charge >= 0.3 is 0 Å². The van der Waals surface area contributed by atoms with Crippen LogP contribution in [0, 0.1) is 5.92 Å². The summed E-state index contributed by atoms with van der Waals surface area (Å²) in [6.07, 6.45) is 2.53. The fourth-order valence-electron chi connectivity index (χ4n) is 4.72. The number of carbonyl (C=O) groups is 1.